The van der Waals surface area contributed by atoms with Gasteiger partial charge >= 0.3 is 7.57 Å². The van der Waals surface area contributed by atoms with E-state index in [1.54, 1.807) is 14.2 Å². The highest BCUT2D eigenvalue weighted by Gasteiger charge is 2.56. The van der Waals surface area contributed by atoms with E-state index < -0.39 is 7.44 Å². The van der Waals surface area contributed by atoms with Crippen molar-refractivity contribution in [3.8, 4) is 0 Å². The lowest BCUT2D eigenvalue weighted by Gasteiger charge is -2.43. The normalized spacial score (nSPS) is 29.6. The molecule has 0 aromatic carbocycles. The SMILES string of the molecule is [B][P+](C1=CC=CC1)(N1CCC[C@H]1COC)N1CCC[C@H]1COC. The Morgan fingerprint density at radius 3 is 2.09 bits per heavy atom. The standard InChI is InChI=1S/C17H29BN2O2P/c1-21-13-15-7-5-11-19(15)23(18,17-9-3-4-10-17)20-12-6-8-16(20)14-22-2/h3-4,9,15-16H,5-8,10-14H2,1-2H3/q+1/t15-,16-/m0/s1. The Kier molecular flexibility index (Phi) is 5.98. The first kappa shape index (κ1) is 17.6. The van der Waals surface area contributed by atoms with Gasteiger partial charge in [-0.15, -0.1) is 0 Å². The van der Waals surface area contributed by atoms with Crippen LogP contribution < -0.4 is 0 Å². The fourth-order valence-corrected chi connectivity index (χ4v) is 8.21. The lowest BCUT2D eigenvalue weighted by Crippen LogP contribution is -2.44. The summed E-state index contributed by atoms with van der Waals surface area (Å²) in [5, 5.41) is 1.42. The zero-order valence-electron chi connectivity index (χ0n) is 14.5. The molecule has 3 rings (SSSR count). The molecule has 6 heteroatoms. The largest absolute Gasteiger partial charge is 0.416 e. The number of hydrogen-bond donors (Lipinski definition) is 0. The summed E-state index contributed by atoms with van der Waals surface area (Å²) in [6, 6.07) is 0.896. The van der Waals surface area contributed by atoms with Gasteiger partial charge in [0.05, 0.1) is 30.6 Å². The predicted molar refractivity (Wildman–Crippen MR) is 97.7 cm³/mol. The second-order valence-corrected chi connectivity index (χ2v) is 9.67. The predicted octanol–water partition coefficient (Wildman–Crippen LogP) is 2.98. The van der Waals surface area contributed by atoms with E-state index in [9.17, 15) is 0 Å². The first-order chi connectivity index (χ1) is 11.2. The molecule has 0 spiro atoms. The third kappa shape index (κ3) is 3.32. The molecule has 0 aromatic heterocycles. The van der Waals surface area contributed by atoms with Crippen LogP contribution in [0, 0.1) is 0 Å². The Morgan fingerprint density at radius 2 is 1.65 bits per heavy atom. The van der Waals surface area contributed by atoms with E-state index in [0.717, 1.165) is 32.7 Å². The summed E-state index contributed by atoms with van der Waals surface area (Å²) in [5.41, 5.74) is 0. The van der Waals surface area contributed by atoms with E-state index >= 15 is 0 Å². The van der Waals surface area contributed by atoms with Crippen LogP contribution in [0.25, 0.3) is 0 Å². The summed E-state index contributed by atoms with van der Waals surface area (Å²) in [6.45, 7) is 3.74. The summed E-state index contributed by atoms with van der Waals surface area (Å²) in [6.07, 6.45) is 12.5. The van der Waals surface area contributed by atoms with Crippen molar-refractivity contribution < 1.29 is 9.47 Å². The van der Waals surface area contributed by atoms with Crippen LogP contribution in [0.1, 0.15) is 32.1 Å². The molecule has 0 N–H and O–H groups in total. The molecule has 2 atom stereocenters. The van der Waals surface area contributed by atoms with E-state index in [1.807, 2.05) is 0 Å². The fraction of sp³-hybridized carbons (Fsp3) is 0.765. The van der Waals surface area contributed by atoms with Gasteiger partial charge in [-0.1, -0.05) is 12.2 Å². The maximum atomic E-state index is 7.30. The van der Waals surface area contributed by atoms with Gasteiger partial charge in [0.1, 0.15) is 7.44 Å². The zero-order valence-corrected chi connectivity index (χ0v) is 15.4. The van der Waals surface area contributed by atoms with Crippen LogP contribution in [-0.4, -0.2) is 69.5 Å². The first-order valence-electron chi connectivity index (χ1n) is 8.77. The summed E-state index contributed by atoms with van der Waals surface area (Å²) >= 11 is 0. The third-order valence-electron chi connectivity index (χ3n) is 5.37. The van der Waals surface area contributed by atoms with Gasteiger partial charge in [-0.2, -0.15) is 9.34 Å². The Hall–Kier alpha value is -0.185. The molecule has 0 aromatic rings. The minimum Gasteiger partial charge on any atom is -0.383 e. The molecule has 0 bridgehead atoms. The van der Waals surface area contributed by atoms with Crippen LogP contribution in [0.5, 0.6) is 0 Å². The van der Waals surface area contributed by atoms with E-state index in [0.29, 0.717) is 12.1 Å². The molecule has 2 fully saturated rings. The molecule has 2 aliphatic heterocycles. The number of rotatable bonds is 7. The summed E-state index contributed by atoms with van der Waals surface area (Å²) in [7, 11) is 8.92. The Morgan fingerprint density at radius 1 is 1.09 bits per heavy atom. The van der Waals surface area contributed by atoms with E-state index in [4.69, 9.17) is 17.0 Å². The molecular weight excluding hydrogens is 306 g/mol. The van der Waals surface area contributed by atoms with Crippen LogP contribution in [0.4, 0.5) is 0 Å². The average Bonchev–Trinajstić information content (AvgIpc) is 3.29. The maximum absolute atomic E-state index is 7.30. The summed E-state index contributed by atoms with van der Waals surface area (Å²) < 4.78 is 16.2. The lowest BCUT2D eigenvalue weighted by molar-refractivity contribution is 0.137. The van der Waals surface area contributed by atoms with Crippen molar-refractivity contribution in [3.63, 3.8) is 0 Å². The second-order valence-electron chi connectivity index (χ2n) is 6.77. The Balaban J connectivity index is 1.91. The second kappa shape index (κ2) is 7.80. The summed E-state index contributed by atoms with van der Waals surface area (Å²) in [4.78, 5) is 0. The molecule has 0 saturated carbocycles. The van der Waals surface area contributed by atoms with Crippen LogP contribution in [0.2, 0.25) is 0 Å². The third-order valence-corrected chi connectivity index (χ3v) is 9.16. The zero-order chi connectivity index (χ0) is 16.3. The molecule has 23 heavy (non-hydrogen) atoms. The van der Waals surface area contributed by atoms with Gasteiger partial charge in [0.2, 0.25) is 0 Å². The van der Waals surface area contributed by atoms with E-state index in [1.165, 1.54) is 31.0 Å². The molecule has 0 unspecified atom stereocenters. The van der Waals surface area contributed by atoms with Crippen molar-refractivity contribution in [2.24, 2.45) is 0 Å². The van der Waals surface area contributed by atoms with Gasteiger partial charge in [-0.25, -0.2) is 0 Å². The maximum Gasteiger partial charge on any atom is 0.416 e. The Labute approximate surface area is 142 Å². The van der Waals surface area contributed by atoms with Gasteiger partial charge in [-0.3, -0.25) is 0 Å². The van der Waals surface area contributed by atoms with Gasteiger partial charge < -0.3 is 9.47 Å². The molecule has 3 aliphatic rings. The number of ether oxygens (including phenoxy) is 2. The molecule has 2 radical (unpaired) electrons. The minimum absolute atomic E-state index is 0.448. The van der Waals surface area contributed by atoms with E-state index in [2.05, 4.69) is 27.6 Å². The monoisotopic (exact) mass is 335 g/mol. The average molecular weight is 335 g/mol. The van der Waals surface area contributed by atoms with Gasteiger partial charge in [-0.05, 0) is 31.8 Å². The topological polar surface area (TPSA) is 24.9 Å². The smallest absolute Gasteiger partial charge is 0.383 e. The molecule has 2 saturated heterocycles. The molecule has 2 heterocycles. The van der Waals surface area contributed by atoms with Gasteiger partial charge in [0, 0.05) is 33.7 Å². The van der Waals surface area contributed by atoms with Crippen molar-refractivity contribution >= 4 is 15.0 Å². The number of methoxy groups -OCH3 is 2. The number of hydrogen-bond acceptors (Lipinski definition) is 4. The molecule has 1 aliphatic carbocycles. The van der Waals surface area contributed by atoms with Crippen molar-refractivity contribution in [2.75, 3.05) is 40.5 Å². The minimum atomic E-state index is -1.98. The first-order valence-corrected chi connectivity index (χ1v) is 10.5. The quantitative estimate of drug-likeness (QED) is 0.528. The van der Waals surface area contributed by atoms with Crippen molar-refractivity contribution in [1.29, 1.82) is 0 Å². The highest BCUT2D eigenvalue weighted by molar-refractivity contribution is 7.97. The highest BCUT2D eigenvalue weighted by Crippen LogP contribution is 2.72. The molecular formula is C17H29BN2O2P+. The van der Waals surface area contributed by atoms with Crippen molar-refractivity contribution in [2.45, 2.75) is 44.2 Å². The van der Waals surface area contributed by atoms with Crippen molar-refractivity contribution in [1.82, 2.24) is 9.34 Å². The Bertz CT molecular complexity index is 448. The van der Waals surface area contributed by atoms with Crippen LogP contribution >= 0.6 is 7.44 Å². The fourth-order valence-electron chi connectivity index (χ4n) is 4.32. The van der Waals surface area contributed by atoms with Crippen LogP contribution in [0.3, 0.4) is 0 Å². The van der Waals surface area contributed by atoms with Crippen LogP contribution in [-0.2, 0) is 9.47 Å². The highest BCUT2D eigenvalue weighted by atomic mass is 31.2. The number of allylic oxidation sites excluding steroid dienone is 4. The van der Waals surface area contributed by atoms with Crippen LogP contribution in [0.15, 0.2) is 23.5 Å². The van der Waals surface area contributed by atoms with Crippen molar-refractivity contribution in [3.05, 3.63) is 23.5 Å². The molecule has 4 nitrogen and oxygen atoms in total. The lowest BCUT2D eigenvalue weighted by atomic mass is 10.2. The van der Waals surface area contributed by atoms with E-state index in [-0.39, 0.29) is 0 Å². The molecule has 0 amide bonds. The summed E-state index contributed by atoms with van der Waals surface area (Å²) in [5.74, 6) is 0. The molecule has 126 valence electrons. The van der Waals surface area contributed by atoms with Gasteiger partial charge in [0.15, 0.2) is 0 Å². The number of nitrogens with zero attached hydrogens (tertiary/aromatic N) is 2. The van der Waals surface area contributed by atoms with Gasteiger partial charge in [0.25, 0.3) is 0 Å².